The van der Waals surface area contributed by atoms with Gasteiger partial charge in [0.1, 0.15) is 12.0 Å². The number of rotatable bonds is 6. The first kappa shape index (κ1) is 22.6. The Morgan fingerprint density at radius 2 is 1.79 bits per heavy atom. The van der Waals surface area contributed by atoms with Gasteiger partial charge in [-0.05, 0) is 56.4 Å². The number of aromatic nitrogens is 3. The average molecular weight is 444 g/mol. The fourth-order valence-corrected chi connectivity index (χ4v) is 4.39. The number of amides is 2. The second-order valence-electron chi connectivity index (χ2n) is 8.92. The molecule has 0 bridgehead atoms. The van der Waals surface area contributed by atoms with Crippen LogP contribution in [0.4, 0.5) is 0 Å². The Hall–Kier alpha value is -3.61. The summed E-state index contributed by atoms with van der Waals surface area (Å²) in [5.41, 5.74) is 2.91. The number of likely N-dealkylation sites (tertiary alicyclic amines) is 1. The van der Waals surface area contributed by atoms with Crippen molar-refractivity contribution in [3.8, 4) is 11.1 Å². The molecule has 1 fully saturated rings. The molecule has 1 aromatic carbocycles. The van der Waals surface area contributed by atoms with E-state index in [0.29, 0.717) is 38.0 Å². The summed E-state index contributed by atoms with van der Waals surface area (Å²) in [7, 11) is 0. The Labute approximate surface area is 194 Å². The lowest BCUT2D eigenvalue weighted by atomic mass is 9.72. The van der Waals surface area contributed by atoms with E-state index in [1.165, 1.54) is 6.33 Å². The van der Waals surface area contributed by atoms with E-state index >= 15 is 0 Å². The summed E-state index contributed by atoms with van der Waals surface area (Å²) in [5, 5.41) is 3.12. The van der Waals surface area contributed by atoms with Crippen LogP contribution in [0.2, 0.25) is 0 Å². The molecule has 0 unspecified atom stereocenters. The summed E-state index contributed by atoms with van der Waals surface area (Å²) < 4.78 is 0. The maximum atomic E-state index is 13.4. The van der Waals surface area contributed by atoms with Crippen LogP contribution < -0.4 is 5.32 Å². The standard InChI is InChI=1S/C26H29N5O2/c1-19(2)30-25(33)26(9-12-31(13-10-26)24(32)23-8-3-4-11-29-23)15-20-6-5-7-21(14-20)22-16-27-18-28-17-22/h3-8,11,14,16-19H,9-10,12-13,15H2,1-2H3,(H,30,33). The first-order chi connectivity index (χ1) is 16.0. The van der Waals surface area contributed by atoms with E-state index in [1.807, 2.05) is 32.0 Å². The topological polar surface area (TPSA) is 88.1 Å². The van der Waals surface area contributed by atoms with Gasteiger partial charge in [-0.1, -0.05) is 30.3 Å². The summed E-state index contributed by atoms with van der Waals surface area (Å²) in [4.78, 5) is 40.5. The minimum Gasteiger partial charge on any atom is -0.353 e. The van der Waals surface area contributed by atoms with Crippen molar-refractivity contribution in [3.63, 3.8) is 0 Å². The number of carbonyl (C=O) groups is 2. The lowest BCUT2D eigenvalue weighted by molar-refractivity contribution is -0.134. The molecule has 2 aromatic heterocycles. The zero-order chi connectivity index (χ0) is 23.3. The van der Waals surface area contributed by atoms with Crippen LogP contribution >= 0.6 is 0 Å². The van der Waals surface area contributed by atoms with E-state index in [9.17, 15) is 9.59 Å². The Morgan fingerprint density at radius 1 is 1.03 bits per heavy atom. The molecule has 0 aliphatic carbocycles. The first-order valence-corrected chi connectivity index (χ1v) is 11.3. The van der Waals surface area contributed by atoms with Gasteiger partial charge in [0.2, 0.25) is 5.91 Å². The van der Waals surface area contributed by atoms with Crippen LogP contribution in [0, 0.1) is 5.41 Å². The van der Waals surface area contributed by atoms with Gasteiger partial charge in [0.15, 0.2) is 0 Å². The molecule has 0 saturated carbocycles. The molecule has 170 valence electrons. The van der Waals surface area contributed by atoms with E-state index in [2.05, 4.69) is 32.4 Å². The molecule has 1 aliphatic rings. The number of hydrogen-bond donors (Lipinski definition) is 1. The highest BCUT2D eigenvalue weighted by Crippen LogP contribution is 2.37. The molecule has 0 atom stereocenters. The van der Waals surface area contributed by atoms with Gasteiger partial charge >= 0.3 is 0 Å². The van der Waals surface area contributed by atoms with Crippen LogP contribution in [0.3, 0.4) is 0 Å². The van der Waals surface area contributed by atoms with Crippen molar-refractivity contribution in [2.75, 3.05) is 13.1 Å². The number of nitrogens with zero attached hydrogens (tertiary/aromatic N) is 4. The quantitative estimate of drug-likeness (QED) is 0.630. The summed E-state index contributed by atoms with van der Waals surface area (Å²) in [6.07, 6.45) is 8.52. The fourth-order valence-electron chi connectivity index (χ4n) is 4.39. The Balaban J connectivity index is 1.55. The van der Waals surface area contributed by atoms with Crippen LogP contribution in [0.15, 0.2) is 67.4 Å². The third-order valence-corrected chi connectivity index (χ3v) is 6.16. The summed E-state index contributed by atoms with van der Waals surface area (Å²) in [5.74, 6) is -0.0320. The van der Waals surface area contributed by atoms with Gasteiger partial charge in [-0.15, -0.1) is 0 Å². The second kappa shape index (κ2) is 9.90. The molecule has 3 heterocycles. The molecule has 33 heavy (non-hydrogen) atoms. The zero-order valence-electron chi connectivity index (χ0n) is 19.1. The van der Waals surface area contributed by atoms with E-state index < -0.39 is 5.41 Å². The minimum absolute atomic E-state index is 0.0513. The Morgan fingerprint density at radius 3 is 2.45 bits per heavy atom. The molecule has 3 aromatic rings. The highest BCUT2D eigenvalue weighted by atomic mass is 16.2. The van der Waals surface area contributed by atoms with Gasteiger partial charge < -0.3 is 10.2 Å². The predicted octanol–water partition coefficient (Wildman–Crippen LogP) is 3.53. The van der Waals surface area contributed by atoms with Gasteiger partial charge in [0, 0.05) is 43.3 Å². The molecule has 4 rings (SSSR count). The number of pyridine rings is 1. The highest BCUT2D eigenvalue weighted by Gasteiger charge is 2.42. The van der Waals surface area contributed by atoms with Crippen molar-refractivity contribution < 1.29 is 9.59 Å². The first-order valence-electron chi connectivity index (χ1n) is 11.3. The van der Waals surface area contributed by atoms with Crippen molar-refractivity contribution in [1.82, 2.24) is 25.2 Å². The molecule has 2 amide bonds. The van der Waals surface area contributed by atoms with Gasteiger partial charge in [-0.3, -0.25) is 14.6 Å². The summed E-state index contributed by atoms with van der Waals surface area (Å²) >= 11 is 0. The van der Waals surface area contributed by atoms with Crippen molar-refractivity contribution >= 4 is 11.8 Å². The SMILES string of the molecule is CC(C)NC(=O)C1(Cc2cccc(-c3cncnc3)c2)CCN(C(=O)c2ccccn2)CC1. The van der Waals surface area contributed by atoms with Crippen LogP contribution in [0.25, 0.3) is 11.1 Å². The van der Waals surface area contributed by atoms with Crippen LogP contribution in [-0.4, -0.2) is 50.8 Å². The largest absolute Gasteiger partial charge is 0.353 e. The van der Waals surface area contributed by atoms with Crippen LogP contribution in [-0.2, 0) is 11.2 Å². The molecule has 7 heteroatoms. The van der Waals surface area contributed by atoms with Crippen LogP contribution in [0.5, 0.6) is 0 Å². The third kappa shape index (κ3) is 5.25. The van der Waals surface area contributed by atoms with Crippen LogP contribution in [0.1, 0.15) is 42.7 Å². The van der Waals surface area contributed by atoms with E-state index in [-0.39, 0.29) is 17.9 Å². The number of carbonyl (C=O) groups excluding carboxylic acids is 2. The third-order valence-electron chi connectivity index (χ3n) is 6.16. The average Bonchev–Trinajstić information content (AvgIpc) is 2.85. The lowest BCUT2D eigenvalue weighted by Gasteiger charge is -2.41. The van der Waals surface area contributed by atoms with Crippen molar-refractivity contribution in [2.45, 2.75) is 39.2 Å². The molecule has 7 nitrogen and oxygen atoms in total. The van der Waals surface area contributed by atoms with Crippen molar-refractivity contribution in [3.05, 3.63) is 78.6 Å². The molecular weight excluding hydrogens is 414 g/mol. The number of nitrogens with one attached hydrogen (secondary N) is 1. The molecular formula is C26H29N5O2. The fraction of sp³-hybridized carbons (Fsp3) is 0.346. The molecule has 1 N–H and O–H groups in total. The predicted molar refractivity (Wildman–Crippen MR) is 126 cm³/mol. The van der Waals surface area contributed by atoms with E-state index in [0.717, 1.165) is 16.7 Å². The second-order valence-corrected chi connectivity index (χ2v) is 8.92. The zero-order valence-corrected chi connectivity index (χ0v) is 19.1. The molecule has 0 radical (unpaired) electrons. The lowest BCUT2D eigenvalue weighted by Crippen LogP contribution is -2.52. The van der Waals surface area contributed by atoms with Gasteiger partial charge in [0.05, 0.1) is 5.41 Å². The number of piperidine rings is 1. The molecule has 1 saturated heterocycles. The molecule has 0 spiro atoms. The van der Waals surface area contributed by atoms with Crippen molar-refractivity contribution in [1.29, 1.82) is 0 Å². The summed E-state index contributed by atoms with van der Waals surface area (Å²) in [6.45, 7) is 4.99. The maximum absolute atomic E-state index is 13.4. The smallest absolute Gasteiger partial charge is 0.272 e. The van der Waals surface area contributed by atoms with Gasteiger partial charge in [-0.25, -0.2) is 9.97 Å². The van der Waals surface area contributed by atoms with Gasteiger partial charge in [-0.2, -0.15) is 0 Å². The van der Waals surface area contributed by atoms with Crippen molar-refractivity contribution in [2.24, 2.45) is 5.41 Å². The number of hydrogen-bond acceptors (Lipinski definition) is 5. The monoisotopic (exact) mass is 443 g/mol. The minimum atomic E-state index is -0.572. The highest BCUT2D eigenvalue weighted by molar-refractivity contribution is 5.92. The summed E-state index contributed by atoms with van der Waals surface area (Å²) in [6, 6.07) is 13.6. The van der Waals surface area contributed by atoms with E-state index in [4.69, 9.17) is 0 Å². The normalized spacial score (nSPS) is 15.3. The Bertz CT molecular complexity index is 1090. The maximum Gasteiger partial charge on any atom is 0.272 e. The van der Waals surface area contributed by atoms with Gasteiger partial charge in [0.25, 0.3) is 5.91 Å². The van der Waals surface area contributed by atoms with E-state index in [1.54, 1.807) is 35.6 Å². The molecule has 1 aliphatic heterocycles. The Kier molecular flexibility index (Phi) is 6.77. The number of benzene rings is 1.